The van der Waals surface area contributed by atoms with Gasteiger partial charge in [0.15, 0.2) is 0 Å². The molecule has 0 radical (unpaired) electrons. The number of nitrogens with zero attached hydrogens (tertiary/aromatic N) is 3. The number of nitrogen functional groups attached to an aromatic ring is 1. The second-order valence-corrected chi connectivity index (χ2v) is 5.57. The maximum Gasteiger partial charge on any atom is 0.144 e. The van der Waals surface area contributed by atoms with Crippen molar-refractivity contribution in [2.45, 2.75) is 33.1 Å². The number of nitrogens with two attached hydrogens (primary N) is 1. The van der Waals surface area contributed by atoms with Crippen LogP contribution in [0.15, 0.2) is 36.4 Å². The number of aryl methyl sites for hydroxylation is 1. The van der Waals surface area contributed by atoms with E-state index in [0.29, 0.717) is 18.0 Å². The first kappa shape index (κ1) is 15.3. The number of benzene rings is 2. The quantitative estimate of drug-likeness (QED) is 0.704. The molecule has 0 atom stereocenters. The molecule has 1 aromatic heterocycles. The SMILES string of the molecule is CCCCc1ccc(-n2nc3cc(N)c(OCC)cc3n2)cc1. The van der Waals surface area contributed by atoms with Crippen LogP contribution in [-0.4, -0.2) is 21.6 Å². The Bertz CT molecular complexity index is 793. The van der Waals surface area contributed by atoms with Crippen LogP contribution in [0.5, 0.6) is 5.75 Å². The molecule has 0 amide bonds. The van der Waals surface area contributed by atoms with Gasteiger partial charge in [-0.3, -0.25) is 0 Å². The Balaban J connectivity index is 1.90. The third-order valence-corrected chi connectivity index (χ3v) is 3.80. The van der Waals surface area contributed by atoms with Crippen LogP contribution in [0.4, 0.5) is 5.69 Å². The van der Waals surface area contributed by atoms with Crippen LogP contribution in [0.25, 0.3) is 16.7 Å². The van der Waals surface area contributed by atoms with Crippen molar-refractivity contribution in [3.8, 4) is 11.4 Å². The molecule has 23 heavy (non-hydrogen) atoms. The molecule has 5 heteroatoms. The van der Waals surface area contributed by atoms with Gasteiger partial charge in [-0.2, -0.15) is 4.80 Å². The molecule has 0 fully saturated rings. The second-order valence-electron chi connectivity index (χ2n) is 5.57. The number of unbranched alkanes of at least 4 members (excludes halogenated alkanes) is 1. The van der Waals surface area contributed by atoms with Crippen molar-refractivity contribution < 1.29 is 4.74 Å². The van der Waals surface area contributed by atoms with Crippen LogP contribution in [0.3, 0.4) is 0 Å². The van der Waals surface area contributed by atoms with Crippen LogP contribution < -0.4 is 10.5 Å². The van der Waals surface area contributed by atoms with Crippen molar-refractivity contribution in [3.63, 3.8) is 0 Å². The lowest BCUT2D eigenvalue weighted by molar-refractivity contribution is 0.342. The van der Waals surface area contributed by atoms with E-state index in [9.17, 15) is 0 Å². The normalized spacial score (nSPS) is 11.0. The van der Waals surface area contributed by atoms with Gasteiger partial charge in [-0.05, 0) is 43.5 Å². The Kier molecular flexibility index (Phi) is 4.46. The summed E-state index contributed by atoms with van der Waals surface area (Å²) in [4.78, 5) is 1.64. The molecule has 3 aromatic rings. The Labute approximate surface area is 136 Å². The lowest BCUT2D eigenvalue weighted by Crippen LogP contribution is -1.98. The average Bonchev–Trinajstić information content (AvgIpc) is 2.96. The minimum absolute atomic E-state index is 0.572. The maximum atomic E-state index is 5.98. The minimum atomic E-state index is 0.572. The molecule has 0 saturated heterocycles. The van der Waals surface area contributed by atoms with Crippen LogP contribution in [0.2, 0.25) is 0 Å². The molecule has 0 bridgehead atoms. The van der Waals surface area contributed by atoms with Gasteiger partial charge in [-0.15, -0.1) is 10.2 Å². The summed E-state index contributed by atoms with van der Waals surface area (Å²) in [5, 5.41) is 9.04. The van der Waals surface area contributed by atoms with Gasteiger partial charge in [0, 0.05) is 6.07 Å². The summed E-state index contributed by atoms with van der Waals surface area (Å²) in [6.45, 7) is 4.71. The van der Waals surface area contributed by atoms with Crippen LogP contribution >= 0.6 is 0 Å². The molecule has 5 nitrogen and oxygen atoms in total. The van der Waals surface area contributed by atoms with Gasteiger partial charge in [0.1, 0.15) is 16.8 Å². The van der Waals surface area contributed by atoms with E-state index >= 15 is 0 Å². The van der Waals surface area contributed by atoms with E-state index in [1.807, 2.05) is 13.0 Å². The fraction of sp³-hybridized carbons (Fsp3) is 0.333. The van der Waals surface area contributed by atoms with Crippen molar-refractivity contribution in [3.05, 3.63) is 42.0 Å². The minimum Gasteiger partial charge on any atom is -0.492 e. The topological polar surface area (TPSA) is 66.0 Å². The monoisotopic (exact) mass is 310 g/mol. The first-order valence-corrected chi connectivity index (χ1v) is 8.10. The maximum absolute atomic E-state index is 5.98. The van der Waals surface area contributed by atoms with Crippen molar-refractivity contribution in [2.24, 2.45) is 0 Å². The van der Waals surface area contributed by atoms with Gasteiger partial charge in [0.05, 0.1) is 18.0 Å². The van der Waals surface area contributed by atoms with Crippen molar-refractivity contribution in [1.29, 1.82) is 0 Å². The Morgan fingerprint density at radius 2 is 1.74 bits per heavy atom. The molecule has 0 saturated carbocycles. The molecule has 1 heterocycles. The summed E-state index contributed by atoms with van der Waals surface area (Å²) in [6, 6.07) is 12.0. The third kappa shape index (κ3) is 3.28. The predicted octanol–water partition coefficient (Wildman–Crippen LogP) is 3.74. The van der Waals surface area contributed by atoms with E-state index in [1.54, 1.807) is 10.9 Å². The number of rotatable bonds is 6. The highest BCUT2D eigenvalue weighted by atomic mass is 16.5. The van der Waals surface area contributed by atoms with Gasteiger partial charge < -0.3 is 10.5 Å². The number of hydrogen-bond donors (Lipinski definition) is 1. The summed E-state index contributed by atoms with van der Waals surface area (Å²) in [7, 11) is 0. The van der Waals surface area contributed by atoms with Gasteiger partial charge in [-0.25, -0.2) is 0 Å². The Hall–Kier alpha value is -2.56. The molecule has 0 spiro atoms. The highest BCUT2D eigenvalue weighted by Gasteiger charge is 2.09. The summed E-state index contributed by atoms with van der Waals surface area (Å²) in [5.74, 6) is 0.655. The number of fused-ring (bicyclic) bond motifs is 1. The standard InChI is InChI=1S/C18H22N4O/c1-3-5-6-13-7-9-14(10-8-13)22-20-16-11-15(19)18(23-4-2)12-17(16)21-22/h7-12H,3-6,19H2,1-2H3. The van der Waals surface area contributed by atoms with E-state index in [2.05, 4.69) is 41.4 Å². The molecule has 3 rings (SSSR count). The number of ether oxygens (including phenoxy) is 1. The summed E-state index contributed by atoms with van der Waals surface area (Å²) in [6.07, 6.45) is 3.53. The average molecular weight is 310 g/mol. The Morgan fingerprint density at radius 1 is 1.04 bits per heavy atom. The van der Waals surface area contributed by atoms with Crippen LogP contribution in [-0.2, 0) is 6.42 Å². The molecular formula is C18H22N4O. The van der Waals surface area contributed by atoms with Crippen molar-refractivity contribution >= 4 is 16.7 Å². The predicted molar refractivity (Wildman–Crippen MR) is 93.1 cm³/mol. The Morgan fingerprint density at radius 3 is 2.39 bits per heavy atom. The summed E-state index contributed by atoms with van der Waals surface area (Å²) >= 11 is 0. The van der Waals surface area contributed by atoms with E-state index in [0.717, 1.165) is 23.1 Å². The summed E-state index contributed by atoms with van der Waals surface area (Å²) < 4.78 is 5.51. The lowest BCUT2D eigenvalue weighted by atomic mass is 10.1. The lowest BCUT2D eigenvalue weighted by Gasteiger charge is -2.04. The summed E-state index contributed by atoms with van der Waals surface area (Å²) in [5.41, 5.74) is 10.4. The molecule has 0 unspecified atom stereocenters. The van der Waals surface area contributed by atoms with Gasteiger partial charge in [0.2, 0.25) is 0 Å². The van der Waals surface area contributed by atoms with Gasteiger partial charge in [0.25, 0.3) is 0 Å². The zero-order chi connectivity index (χ0) is 16.2. The van der Waals surface area contributed by atoms with Crippen molar-refractivity contribution in [2.75, 3.05) is 12.3 Å². The van der Waals surface area contributed by atoms with Crippen molar-refractivity contribution in [1.82, 2.24) is 15.0 Å². The molecular weight excluding hydrogens is 288 g/mol. The van der Waals surface area contributed by atoms with E-state index in [1.165, 1.54) is 18.4 Å². The molecule has 2 N–H and O–H groups in total. The smallest absolute Gasteiger partial charge is 0.144 e. The van der Waals surface area contributed by atoms with Crippen LogP contribution in [0.1, 0.15) is 32.3 Å². The highest BCUT2D eigenvalue weighted by Crippen LogP contribution is 2.26. The largest absolute Gasteiger partial charge is 0.492 e. The van der Waals surface area contributed by atoms with Gasteiger partial charge >= 0.3 is 0 Å². The highest BCUT2D eigenvalue weighted by molar-refractivity contribution is 5.81. The molecule has 2 aromatic carbocycles. The first-order chi connectivity index (χ1) is 11.2. The fourth-order valence-corrected chi connectivity index (χ4v) is 2.53. The number of aromatic nitrogens is 3. The van der Waals surface area contributed by atoms with E-state index in [4.69, 9.17) is 10.5 Å². The van der Waals surface area contributed by atoms with Gasteiger partial charge in [-0.1, -0.05) is 25.5 Å². The first-order valence-electron chi connectivity index (χ1n) is 8.10. The molecule has 120 valence electrons. The molecule has 0 aliphatic carbocycles. The van der Waals surface area contributed by atoms with E-state index < -0.39 is 0 Å². The molecule has 0 aliphatic heterocycles. The third-order valence-electron chi connectivity index (χ3n) is 3.80. The number of hydrogen-bond acceptors (Lipinski definition) is 4. The number of anilines is 1. The zero-order valence-electron chi connectivity index (χ0n) is 13.6. The second kappa shape index (κ2) is 6.69. The zero-order valence-corrected chi connectivity index (χ0v) is 13.6. The fourth-order valence-electron chi connectivity index (χ4n) is 2.53. The van der Waals surface area contributed by atoms with Crippen LogP contribution in [0, 0.1) is 0 Å². The molecule has 0 aliphatic rings. The van der Waals surface area contributed by atoms with E-state index in [-0.39, 0.29) is 0 Å².